The SMILES string of the molecule is Cc1sc(C(=O)O)cc1S(=O)(=O)NOCC(C)C. The molecular formula is C10H15NO5S2. The molecule has 0 atom stereocenters. The fraction of sp³-hybridized carbons (Fsp3) is 0.500. The van der Waals surface area contributed by atoms with E-state index in [-0.39, 0.29) is 22.3 Å². The molecule has 0 amide bonds. The summed E-state index contributed by atoms with van der Waals surface area (Å²) in [7, 11) is -3.82. The van der Waals surface area contributed by atoms with Crippen molar-refractivity contribution in [1.29, 1.82) is 0 Å². The van der Waals surface area contributed by atoms with Gasteiger partial charge in [-0.25, -0.2) is 13.2 Å². The van der Waals surface area contributed by atoms with Crippen LogP contribution < -0.4 is 4.89 Å². The Balaban J connectivity index is 2.88. The summed E-state index contributed by atoms with van der Waals surface area (Å²) in [6.45, 7) is 5.56. The zero-order valence-corrected chi connectivity index (χ0v) is 11.9. The van der Waals surface area contributed by atoms with Crippen LogP contribution in [-0.2, 0) is 14.9 Å². The number of rotatable bonds is 6. The fourth-order valence-electron chi connectivity index (χ4n) is 1.16. The summed E-state index contributed by atoms with van der Waals surface area (Å²) in [5, 5.41) is 8.80. The van der Waals surface area contributed by atoms with Crippen LogP contribution in [0.2, 0.25) is 0 Å². The van der Waals surface area contributed by atoms with Gasteiger partial charge < -0.3 is 5.11 Å². The molecule has 0 saturated carbocycles. The van der Waals surface area contributed by atoms with Gasteiger partial charge in [0.2, 0.25) is 0 Å². The molecule has 1 rings (SSSR count). The van der Waals surface area contributed by atoms with Crippen LogP contribution in [0.25, 0.3) is 0 Å². The van der Waals surface area contributed by atoms with Gasteiger partial charge in [0.25, 0.3) is 10.0 Å². The normalized spacial score (nSPS) is 12.0. The molecule has 8 heteroatoms. The molecule has 102 valence electrons. The molecule has 0 radical (unpaired) electrons. The van der Waals surface area contributed by atoms with Gasteiger partial charge >= 0.3 is 5.97 Å². The molecule has 1 heterocycles. The standard InChI is InChI=1S/C10H15NO5S2/c1-6(2)5-16-11-18(14,15)9-4-8(10(12)13)17-7(9)3/h4,6,11H,5H2,1-3H3,(H,12,13). The zero-order chi connectivity index (χ0) is 13.9. The van der Waals surface area contributed by atoms with Crippen molar-refractivity contribution in [3.63, 3.8) is 0 Å². The summed E-state index contributed by atoms with van der Waals surface area (Å²) >= 11 is 0.915. The lowest BCUT2D eigenvalue weighted by molar-refractivity contribution is 0.0701. The van der Waals surface area contributed by atoms with Gasteiger partial charge in [-0.3, -0.25) is 4.84 Å². The molecule has 6 nitrogen and oxygen atoms in total. The van der Waals surface area contributed by atoms with E-state index in [0.717, 1.165) is 17.4 Å². The van der Waals surface area contributed by atoms with Gasteiger partial charge in [0.05, 0.1) is 11.5 Å². The average molecular weight is 293 g/mol. The van der Waals surface area contributed by atoms with E-state index in [1.54, 1.807) is 6.92 Å². The molecule has 0 aliphatic rings. The predicted molar refractivity (Wildman–Crippen MR) is 67.1 cm³/mol. The third kappa shape index (κ3) is 3.77. The van der Waals surface area contributed by atoms with Crippen LogP contribution in [0.1, 0.15) is 28.4 Å². The molecule has 1 aromatic heterocycles. The zero-order valence-electron chi connectivity index (χ0n) is 10.3. The Morgan fingerprint density at radius 2 is 2.17 bits per heavy atom. The molecule has 0 fully saturated rings. The largest absolute Gasteiger partial charge is 0.477 e. The van der Waals surface area contributed by atoms with Gasteiger partial charge in [-0.15, -0.1) is 11.3 Å². The molecule has 18 heavy (non-hydrogen) atoms. The Morgan fingerprint density at radius 3 is 2.61 bits per heavy atom. The van der Waals surface area contributed by atoms with Gasteiger partial charge in [0.1, 0.15) is 4.88 Å². The number of sulfonamides is 1. The van der Waals surface area contributed by atoms with Crippen LogP contribution in [0.15, 0.2) is 11.0 Å². The number of nitrogens with one attached hydrogen (secondary N) is 1. The maximum atomic E-state index is 11.8. The van der Waals surface area contributed by atoms with Crippen LogP contribution in [0.5, 0.6) is 0 Å². The molecule has 0 saturated heterocycles. The van der Waals surface area contributed by atoms with Crippen molar-refractivity contribution in [2.45, 2.75) is 25.7 Å². The molecule has 0 aliphatic heterocycles. The first kappa shape index (κ1) is 15.1. The van der Waals surface area contributed by atoms with Crippen molar-refractivity contribution in [2.75, 3.05) is 6.61 Å². The van der Waals surface area contributed by atoms with E-state index in [4.69, 9.17) is 9.94 Å². The summed E-state index contributed by atoms with van der Waals surface area (Å²) in [5.74, 6) is -0.960. The van der Waals surface area contributed by atoms with Gasteiger partial charge in [0.15, 0.2) is 0 Å². The number of carbonyl (C=O) groups is 1. The first-order chi connectivity index (χ1) is 8.24. The van der Waals surface area contributed by atoms with Crippen LogP contribution in [0.4, 0.5) is 0 Å². The Kier molecular flexibility index (Phi) is 4.85. The average Bonchev–Trinajstić information content (AvgIpc) is 2.60. The van der Waals surface area contributed by atoms with Crippen molar-refractivity contribution in [1.82, 2.24) is 4.89 Å². The minimum Gasteiger partial charge on any atom is -0.477 e. The highest BCUT2D eigenvalue weighted by Gasteiger charge is 2.22. The second-order valence-corrected chi connectivity index (χ2v) is 7.00. The third-order valence-corrected chi connectivity index (χ3v) is 4.47. The second kappa shape index (κ2) is 5.79. The lowest BCUT2D eigenvalue weighted by atomic mass is 10.2. The predicted octanol–water partition coefficient (Wildman–Crippen LogP) is 1.62. The van der Waals surface area contributed by atoms with E-state index in [2.05, 4.69) is 0 Å². The number of hydrogen-bond donors (Lipinski definition) is 2. The Hall–Kier alpha value is -0.960. The van der Waals surface area contributed by atoms with E-state index in [1.165, 1.54) is 0 Å². The minimum absolute atomic E-state index is 0.0169. The number of carboxylic acid groups (broad SMARTS) is 1. The number of thiophene rings is 1. The summed E-state index contributed by atoms with van der Waals surface area (Å²) in [4.78, 5) is 17.9. The maximum absolute atomic E-state index is 11.8. The summed E-state index contributed by atoms with van der Waals surface area (Å²) in [6.07, 6.45) is 0. The van der Waals surface area contributed by atoms with E-state index < -0.39 is 16.0 Å². The lowest BCUT2D eigenvalue weighted by Crippen LogP contribution is -2.26. The highest BCUT2D eigenvalue weighted by molar-refractivity contribution is 7.89. The highest BCUT2D eigenvalue weighted by atomic mass is 32.2. The summed E-state index contributed by atoms with van der Waals surface area (Å²) in [5.41, 5.74) is 0. The summed E-state index contributed by atoms with van der Waals surface area (Å²) < 4.78 is 23.7. The molecule has 0 aromatic carbocycles. The maximum Gasteiger partial charge on any atom is 0.345 e. The third-order valence-electron chi connectivity index (χ3n) is 1.96. The van der Waals surface area contributed by atoms with Crippen LogP contribution in [-0.4, -0.2) is 26.1 Å². The number of carboxylic acids is 1. The van der Waals surface area contributed by atoms with Crippen molar-refractivity contribution in [2.24, 2.45) is 5.92 Å². The van der Waals surface area contributed by atoms with E-state index in [0.29, 0.717) is 4.88 Å². The Bertz CT molecular complexity index is 532. The highest BCUT2D eigenvalue weighted by Crippen LogP contribution is 2.25. The summed E-state index contributed by atoms with van der Waals surface area (Å²) in [6, 6.07) is 1.13. The van der Waals surface area contributed by atoms with E-state index in [1.807, 2.05) is 18.7 Å². The first-order valence-corrected chi connectivity index (χ1v) is 7.51. The molecule has 0 unspecified atom stereocenters. The van der Waals surface area contributed by atoms with Crippen molar-refractivity contribution >= 4 is 27.3 Å². The molecule has 0 aliphatic carbocycles. The first-order valence-electron chi connectivity index (χ1n) is 5.21. The van der Waals surface area contributed by atoms with Crippen molar-refractivity contribution in [3.8, 4) is 0 Å². The number of aromatic carboxylic acids is 1. The van der Waals surface area contributed by atoms with Crippen LogP contribution in [0.3, 0.4) is 0 Å². The van der Waals surface area contributed by atoms with Crippen LogP contribution >= 0.6 is 11.3 Å². The number of aryl methyl sites for hydroxylation is 1. The monoisotopic (exact) mass is 293 g/mol. The smallest absolute Gasteiger partial charge is 0.345 e. The van der Waals surface area contributed by atoms with Gasteiger partial charge in [-0.05, 0) is 18.9 Å². The minimum atomic E-state index is -3.82. The topological polar surface area (TPSA) is 92.7 Å². The lowest BCUT2D eigenvalue weighted by Gasteiger charge is -2.08. The molecule has 1 aromatic rings. The molecular weight excluding hydrogens is 278 g/mol. The molecule has 0 spiro atoms. The van der Waals surface area contributed by atoms with Gasteiger partial charge in [-0.2, -0.15) is 0 Å². The Labute approximate surface area is 110 Å². The molecule has 0 bridgehead atoms. The Morgan fingerprint density at radius 1 is 1.56 bits per heavy atom. The second-order valence-electron chi connectivity index (χ2n) is 4.13. The van der Waals surface area contributed by atoms with Gasteiger partial charge in [0, 0.05) is 4.88 Å². The fourth-order valence-corrected chi connectivity index (χ4v) is 3.41. The van der Waals surface area contributed by atoms with Gasteiger partial charge in [-0.1, -0.05) is 18.7 Å². The van der Waals surface area contributed by atoms with Crippen molar-refractivity contribution < 1.29 is 23.2 Å². The molecule has 2 N–H and O–H groups in total. The quantitative estimate of drug-likeness (QED) is 0.777. The number of hydrogen-bond acceptors (Lipinski definition) is 5. The van der Waals surface area contributed by atoms with E-state index >= 15 is 0 Å². The van der Waals surface area contributed by atoms with Crippen LogP contribution in [0, 0.1) is 12.8 Å². The van der Waals surface area contributed by atoms with Crippen molar-refractivity contribution in [3.05, 3.63) is 15.8 Å². The van der Waals surface area contributed by atoms with E-state index in [9.17, 15) is 13.2 Å².